The minimum atomic E-state index is -0.151. The molecule has 0 aliphatic heterocycles. The number of aryl methyl sites for hydroxylation is 1. The van der Waals surface area contributed by atoms with Gasteiger partial charge in [0, 0.05) is 12.2 Å². The van der Waals surface area contributed by atoms with Gasteiger partial charge in [-0.25, -0.2) is 4.79 Å². The smallest absolute Gasteiger partial charge is 0.319 e. The van der Waals surface area contributed by atoms with E-state index in [2.05, 4.69) is 43.5 Å². The lowest BCUT2D eigenvalue weighted by Crippen LogP contribution is -2.31. The van der Waals surface area contributed by atoms with Gasteiger partial charge in [-0.2, -0.15) is 0 Å². The van der Waals surface area contributed by atoms with E-state index in [9.17, 15) is 4.79 Å². The van der Waals surface area contributed by atoms with Gasteiger partial charge in [0.1, 0.15) is 0 Å². The van der Waals surface area contributed by atoms with Crippen LogP contribution >= 0.6 is 0 Å². The Morgan fingerprint density at radius 3 is 2.45 bits per heavy atom. The summed E-state index contributed by atoms with van der Waals surface area (Å²) in [5.74, 6) is 0.378. The summed E-state index contributed by atoms with van der Waals surface area (Å²) in [5, 5.41) is 5.87. The summed E-state index contributed by atoms with van der Waals surface area (Å²) in [6.45, 7) is 6.96. The van der Waals surface area contributed by atoms with Crippen molar-refractivity contribution in [2.75, 3.05) is 11.9 Å². The number of nitrogens with one attached hydrogen (secondary N) is 2. The van der Waals surface area contributed by atoms with Crippen LogP contribution in [0.2, 0.25) is 0 Å². The first-order valence-corrected chi connectivity index (χ1v) is 7.76. The fourth-order valence-corrected chi connectivity index (χ4v) is 2.48. The molecule has 0 aliphatic carbocycles. The van der Waals surface area contributed by atoms with E-state index in [4.69, 9.17) is 0 Å². The lowest BCUT2D eigenvalue weighted by Gasteiger charge is -2.14. The molecular weight excluding hydrogens is 272 g/mol. The van der Waals surface area contributed by atoms with Gasteiger partial charge >= 0.3 is 6.03 Å². The van der Waals surface area contributed by atoms with Gasteiger partial charge in [-0.15, -0.1) is 0 Å². The van der Waals surface area contributed by atoms with Crippen molar-refractivity contribution in [3.8, 4) is 0 Å². The van der Waals surface area contributed by atoms with Crippen molar-refractivity contribution in [2.24, 2.45) is 0 Å². The molecule has 0 saturated carbocycles. The molecule has 0 radical (unpaired) electrons. The molecule has 3 nitrogen and oxygen atoms in total. The molecule has 2 N–H and O–H groups in total. The minimum Gasteiger partial charge on any atom is -0.338 e. The van der Waals surface area contributed by atoms with Crippen LogP contribution in [0.4, 0.5) is 10.5 Å². The lowest BCUT2D eigenvalue weighted by atomic mass is 10.0. The molecule has 116 valence electrons. The van der Waals surface area contributed by atoms with Gasteiger partial charge in [0.25, 0.3) is 0 Å². The maximum atomic E-state index is 12.0. The van der Waals surface area contributed by atoms with E-state index in [1.54, 1.807) is 0 Å². The number of rotatable bonds is 5. The van der Waals surface area contributed by atoms with Gasteiger partial charge in [0.05, 0.1) is 0 Å². The number of benzene rings is 2. The van der Waals surface area contributed by atoms with Crippen molar-refractivity contribution in [2.45, 2.75) is 33.1 Å². The molecule has 0 atom stereocenters. The van der Waals surface area contributed by atoms with Crippen LogP contribution in [-0.2, 0) is 6.42 Å². The number of carbonyl (C=O) groups excluding carboxylic acids is 1. The summed E-state index contributed by atoms with van der Waals surface area (Å²) in [7, 11) is 0. The van der Waals surface area contributed by atoms with Gasteiger partial charge < -0.3 is 10.6 Å². The van der Waals surface area contributed by atoms with Crippen molar-refractivity contribution in [1.29, 1.82) is 0 Å². The number of anilines is 1. The van der Waals surface area contributed by atoms with Gasteiger partial charge in [0.15, 0.2) is 0 Å². The van der Waals surface area contributed by atoms with Gasteiger partial charge in [-0.05, 0) is 42.0 Å². The van der Waals surface area contributed by atoms with E-state index in [1.165, 1.54) is 11.1 Å². The Morgan fingerprint density at radius 2 is 1.73 bits per heavy atom. The van der Waals surface area contributed by atoms with E-state index < -0.39 is 0 Å². The second kappa shape index (κ2) is 7.64. The number of amides is 2. The van der Waals surface area contributed by atoms with Crippen molar-refractivity contribution in [3.63, 3.8) is 0 Å². The molecule has 2 aromatic rings. The summed E-state index contributed by atoms with van der Waals surface area (Å²) in [6, 6.07) is 16.0. The Balaban J connectivity index is 1.88. The van der Waals surface area contributed by atoms with E-state index in [0.29, 0.717) is 12.5 Å². The third-order valence-corrected chi connectivity index (χ3v) is 3.77. The Kier molecular flexibility index (Phi) is 5.59. The molecule has 0 fully saturated rings. The Labute approximate surface area is 132 Å². The molecule has 0 bridgehead atoms. The number of para-hydroxylation sites is 1. The maximum Gasteiger partial charge on any atom is 0.319 e. The molecule has 22 heavy (non-hydrogen) atoms. The van der Waals surface area contributed by atoms with Crippen molar-refractivity contribution < 1.29 is 4.79 Å². The molecule has 0 unspecified atom stereocenters. The Bertz CT molecular complexity index is 635. The zero-order valence-electron chi connectivity index (χ0n) is 13.5. The van der Waals surface area contributed by atoms with Crippen LogP contribution in [0.1, 0.15) is 36.5 Å². The van der Waals surface area contributed by atoms with Crippen LogP contribution in [0, 0.1) is 6.92 Å². The highest BCUT2D eigenvalue weighted by atomic mass is 16.2. The Morgan fingerprint density at radius 1 is 1.05 bits per heavy atom. The maximum absolute atomic E-state index is 12.0. The second-order valence-electron chi connectivity index (χ2n) is 5.80. The molecule has 0 saturated heterocycles. The summed E-state index contributed by atoms with van der Waals surface area (Å²) in [5.41, 5.74) is 4.56. The molecule has 0 aromatic heterocycles. The molecular formula is C19H24N2O. The molecule has 0 heterocycles. The summed E-state index contributed by atoms with van der Waals surface area (Å²) >= 11 is 0. The monoisotopic (exact) mass is 296 g/mol. The van der Waals surface area contributed by atoms with E-state index >= 15 is 0 Å². The lowest BCUT2D eigenvalue weighted by molar-refractivity contribution is 0.252. The standard InChI is InChI=1S/C19H24N2O/c1-14(2)17-10-6-7-11-18(17)21-19(22)20-13-12-16-9-5-4-8-15(16)3/h4-11,14H,12-13H2,1-3H3,(H2,20,21,22). The van der Waals surface area contributed by atoms with Crippen molar-refractivity contribution >= 4 is 11.7 Å². The van der Waals surface area contributed by atoms with E-state index in [1.807, 2.05) is 36.4 Å². The van der Waals surface area contributed by atoms with E-state index in [0.717, 1.165) is 17.7 Å². The highest BCUT2D eigenvalue weighted by Gasteiger charge is 2.08. The fraction of sp³-hybridized carbons (Fsp3) is 0.316. The predicted molar refractivity (Wildman–Crippen MR) is 92.4 cm³/mol. The highest BCUT2D eigenvalue weighted by molar-refractivity contribution is 5.90. The normalized spacial score (nSPS) is 10.5. The molecule has 2 amide bonds. The van der Waals surface area contributed by atoms with Crippen molar-refractivity contribution in [1.82, 2.24) is 5.32 Å². The zero-order valence-corrected chi connectivity index (χ0v) is 13.5. The first-order chi connectivity index (χ1) is 10.6. The van der Waals surface area contributed by atoms with Crippen LogP contribution in [0.25, 0.3) is 0 Å². The third-order valence-electron chi connectivity index (χ3n) is 3.77. The average Bonchev–Trinajstić information content (AvgIpc) is 2.49. The molecule has 0 spiro atoms. The van der Waals surface area contributed by atoms with E-state index in [-0.39, 0.29) is 6.03 Å². The second-order valence-corrected chi connectivity index (χ2v) is 5.80. The number of carbonyl (C=O) groups is 1. The number of urea groups is 1. The molecule has 2 rings (SSSR count). The molecule has 0 aliphatic rings. The fourth-order valence-electron chi connectivity index (χ4n) is 2.48. The summed E-state index contributed by atoms with van der Waals surface area (Å²) in [4.78, 5) is 12.0. The quantitative estimate of drug-likeness (QED) is 0.839. The van der Waals surface area contributed by atoms with Crippen LogP contribution in [0.5, 0.6) is 0 Å². The summed E-state index contributed by atoms with van der Waals surface area (Å²) < 4.78 is 0. The van der Waals surface area contributed by atoms with Crippen LogP contribution < -0.4 is 10.6 Å². The van der Waals surface area contributed by atoms with Gasteiger partial charge in [0.2, 0.25) is 0 Å². The first kappa shape index (κ1) is 16.1. The SMILES string of the molecule is Cc1ccccc1CCNC(=O)Nc1ccccc1C(C)C. The predicted octanol–water partition coefficient (Wildman–Crippen LogP) is 4.48. The van der Waals surface area contributed by atoms with Crippen LogP contribution in [0.15, 0.2) is 48.5 Å². The first-order valence-electron chi connectivity index (χ1n) is 7.76. The molecule has 3 heteroatoms. The third kappa shape index (κ3) is 4.35. The van der Waals surface area contributed by atoms with Crippen LogP contribution in [-0.4, -0.2) is 12.6 Å². The molecule has 2 aromatic carbocycles. The largest absolute Gasteiger partial charge is 0.338 e. The van der Waals surface area contributed by atoms with Gasteiger partial charge in [-0.3, -0.25) is 0 Å². The Hall–Kier alpha value is -2.29. The summed E-state index contributed by atoms with van der Waals surface area (Å²) in [6.07, 6.45) is 0.839. The zero-order chi connectivity index (χ0) is 15.9. The topological polar surface area (TPSA) is 41.1 Å². The minimum absolute atomic E-state index is 0.151. The van der Waals surface area contributed by atoms with Gasteiger partial charge in [-0.1, -0.05) is 56.3 Å². The average molecular weight is 296 g/mol. The van der Waals surface area contributed by atoms with Crippen LogP contribution in [0.3, 0.4) is 0 Å². The highest BCUT2D eigenvalue weighted by Crippen LogP contribution is 2.23. The number of hydrogen-bond acceptors (Lipinski definition) is 1. The van der Waals surface area contributed by atoms with Crippen molar-refractivity contribution in [3.05, 3.63) is 65.2 Å². The number of hydrogen-bond donors (Lipinski definition) is 2.